The Balaban J connectivity index is 0.00000176. The smallest absolute Gasteiger partial charge is 0.393 e. The largest absolute Gasteiger partial charge is 0.495 e. The van der Waals surface area contributed by atoms with E-state index in [2.05, 4.69) is 10.4 Å². The number of fused-ring (bicyclic) bond motifs is 1. The molecule has 4 rings (SSSR count). The van der Waals surface area contributed by atoms with Crippen LogP contribution in [-0.4, -0.2) is 41.4 Å². The molecule has 0 aliphatic carbocycles. The van der Waals surface area contributed by atoms with E-state index in [-0.39, 0.29) is 34.6 Å². The van der Waals surface area contributed by atoms with Crippen molar-refractivity contribution in [3.63, 3.8) is 0 Å². The molecule has 2 heterocycles. The fraction of sp³-hybridized carbons (Fsp3) is 0.280. The third kappa shape index (κ3) is 5.66. The summed E-state index contributed by atoms with van der Waals surface area (Å²) in [6.07, 6.45) is -4.02. The number of nitrogens with one attached hydrogen (secondary N) is 1. The number of benzene rings is 2. The minimum atomic E-state index is -4.32. The van der Waals surface area contributed by atoms with Crippen LogP contribution < -0.4 is 15.0 Å². The minimum absolute atomic E-state index is 0.0925. The quantitative estimate of drug-likeness (QED) is 0.543. The van der Waals surface area contributed by atoms with Gasteiger partial charge >= 0.3 is 6.18 Å². The summed E-state index contributed by atoms with van der Waals surface area (Å²) >= 11 is 0. The number of hydrogen-bond acceptors (Lipinski definition) is 5. The van der Waals surface area contributed by atoms with Gasteiger partial charge < -0.3 is 15.0 Å². The molecule has 2 aromatic carbocycles. The first-order chi connectivity index (χ1) is 17.2. The van der Waals surface area contributed by atoms with Crippen LogP contribution in [0.1, 0.15) is 45.8 Å². The first kappa shape index (κ1) is 26.3. The Bertz CT molecular complexity index is 1290. The monoisotopic (exact) mass is 499 g/mol. The van der Waals surface area contributed by atoms with Crippen molar-refractivity contribution < 1.29 is 27.5 Å². The topological polar surface area (TPSA) is 100 Å². The highest BCUT2D eigenvalue weighted by Crippen LogP contribution is 2.28. The van der Waals surface area contributed by atoms with Crippen molar-refractivity contribution in [3.8, 4) is 11.8 Å². The van der Waals surface area contributed by atoms with Crippen molar-refractivity contribution in [2.24, 2.45) is 0 Å². The first-order valence-electron chi connectivity index (χ1n) is 11.1. The Labute approximate surface area is 205 Å². The predicted octanol–water partition coefficient (Wildman–Crippen LogP) is 4.81. The molecule has 11 heteroatoms. The number of ether oxygens (including phenoxy) is 1. The minimum Gasteiger partial charge on any atom is -0.495 e. The average Bonchev–Trinajstić information content (AvgIpc) is 3.28. The lowest BCUT2D eigenvalue weighted by atomic mass is 10.1. The predicted molar refractivity (Wildman–Crippen MR) is 127 cm³/mol. The summed E-state index contributed by atoms with van der Waals surface area (Å²) in [6, 6.07) is 11.9. The second-order valence-corrected chi connectivity index (χ2v) is 7.53. The highest BCUT2D eigenvalue weighted by molar-refractivity contribution is 6.13. The van der Waals surface area contributed by atoms with Crippen LogP contribution in [0.5, 0.6) is 5.75 Å². The van der Waals surface area contributed by atoms with E-state index in [4.69, 9.17) is 4.74 Å². The lowest BCUT2D eigenvalue weighted by Gasteiger charge is -2.28. The normalized spacial score (nSPS) is 12.7. The van der Waals surface area contributed by atoms with E-state index < -0.39 is 24.4 Å². The van der Waals surface area contributed by atoms with E-state index in [0.717, 1.165) is 0 Å². The third-order valence-electron chi connectivity index (χ3n) is 5.31. The van der Waals surface area contributed by atoms with E-state index >= 15 is 0 Å². The number of halogens is 3. The molecule has 8 nitrogen and oxygen atoms in total. The van der Waals surface area contributed by atoms with Gasteiger partial charge in [0.2, 0.25) is 0 Å². The number of anilines is 2. The van der Waals surface area contributed by atoms with Crippen molar-refractivity contribution in [1.29, 1.82) is 5.26 Å². The van der Waals surface area contributed by atoms with Gasteiger partial charge in [-0.1, -0.05) is 26.0 Å². The Kier molecular flexibility index (Phi) is 7.99. The SMILES string of the molecule is CC.COc1ccc(C(=O)Nc2cnn3c2C(=O)N(c2ccc(CC(F)(F)F)cc2)CC3)cc1C#N. The van der Waals surface area contributed by atoms with Crippen LogP contribution in [-0.2, 0) is 13.0 Å². The van der Waals surface area contributed by atoms with Gasteiger partial charge in [0.25, 0.3) is 11.8 Å². The highest BCUT2D eigenvalue weighted by Gasteiger charge is 2.31. The molecule has 0 atom stereocenters. The van der Waals surface area contributed by atoms with Crippen LogP contribution in [0, 0.1) is 11.3 Å². The van der Waals surface area contributed by atoms with Gasteiger partial charge in [-0.25, -0.2) is 0 Å². The summed E-state index contributed by atoms with van der Waals surface area (Å²) < 4.78 is 44.4. The number of amides is 2. The van der Waals surface area contributed by atoms with Crippen molar-refractivity contribution in [2.45, 2.75) is 33.0 Å². The Morgan fingerprint density at radius 1 is 1.17 bits per heavy atom. The van der Waals surface area contributed by atoms with E-state index in [1.807, 2.05) is 19.9 Å². The van der Waals surface area contributed by atoms with Crippen molar-refractivity contribution in [2.75, 3.05) is 23.9 Å². The molecule has 0 saturated carbocycles. The molecule has 0 bridgehead atoms. The van der Waals surface area contributed by atoms with Gasteiger partial charge in [0.05, 0.1) is 37.5 Å². The van der Waals surface area contributed by atoms with Crippen molar-refractivity contribution in [1.82, 2.24) is 9.78 Å². The maximum atomic E-state index is 13.2. The zero-order valence-corrected chi connectivity index (χ0v) is 19.9. The number of methoxy groups -OCH3 is 1. The summed E-state index contributed by atoms with van der Waals surface area (Å²) in [5.41, 5.74) is 1.24. The number of carbonyl (C=O) groups excluding carboxylic acids is 2. The van der Waals surface area contributed by atoms with Crippen molar-refractivity contribution >= 4 is 23.2 Å². The second kappa shape index (κ2) is 10.9. The van der Waals surface area contributed by atoms with Crippen LogP contribution in [0.4, 0.5) is 24.5 Å². The summed E-state index contributed by atoms with van der Waals surface area (Å²) in [4.78, 5) is 27.4. The van der Waals surface area contributed by atoms with Gasteiger partial charge in [0, 0.05) is 17.8 Å². The fourth-order valence-corrected chi connectivity index (χ4v) is 3.70. The molecule has 1 aromatic heterocycles. The molecular weight excluding hydrogens is 475 g/mol. The number of nitriles is 1. The third-order valence-corrected chi connectivity index (χ3v) is 5.31. The molecule has 0 unspecified atom stereocenters. The zero-order valence-electron chi connectivity index (χ0n) is 19.9. The molecule has 0 radical (unpaired) electrons. The van der Waals surface area contributed by atoms with Gasteiger partial charge in [-0.15, -0.1) is 0 Å². The van der Waals surface area contributed by atoms with Crippen LogP contribution >= 0.6 is 0 Å². The number of aromatic nitrogens is 2. The lowest BCUT2D eigenvalue weighted by molar-refractivity contribution is -0.127. The molecule has 1 N–H and O–H groups in total. The zero-order chi connectivity index (χ0) is 26.5. The molecule has 1 aliphatic rings. The van der Waals surface area contributed by atoms with E-state index in [0.29, 0.717) is 18.0 Å². The Morgan fingerprint density at radius 2 is 1.86 bits per heavy atom. The Morgan fingerprint density at radius 3 is 2.47 bits per heavy atom. The fourth-order valence-electron chi connectivity index (χ4n) is 3.70. The first-order valence-corrected chi connectivity index (χ1v) is 11.1. The molecule has 1 aliphatic heterocycles. The van der Waals surface area contributed by atoms with Gasteiger partial charge in [0.15, 0.2) is 0 Å². The van der Waals surface area contributed by atoms with Crippen LogP contribution in [0.2, 0.25) is 0 Å². The molecule has 188 valence electrons. The van der Waals surface area contributed by atoms with E-state index in [1.54, 1.807) is 0 Å². The number of alkyl halides is 3. The molecular formula is C25H24F3N5O3. The van der Waals surface area contributed by atoms with E-state index in [9.17, 15) is 28.0 Å². The summed E-state index contributed by atoms with van der Waals surface area (Å²) in [5, 5.41) is 16.0. The molecule has 3 aromatic rings. The van der Waals surface area contributed by atoms with Gasteiger partial charge in [-0.2, -0.15) is 23.5 Å². The summed E-state index contributed by atoms with van der Waals surface area (Å²) in [7, 11) is 1.41. The van der Waals surface area contributed by atoms with Crippen LogP contribution in [0.3, 0.4) is 0 Å². The highest BCUT2D eigenvalue weighted by atomic mass is 19.4. The Hall–Kier alpha value is -4.33. The van der Waals surface area contributed by atoms with Gasteiger partial charge in [-0.3, -0.25) is 14.3 Å². The maximum absolute atomic E-state index is 13.2. The maximum Gasteiger partial charge on any atom is 0.393 e. The molecule has 36 heavy (non-hydrogen) atoms. The lowest BCUT2D eigenvalue weighted by Crippen LogP contribution is -2.41. The standard InChI is InChI=1S/C23H18F3N5O3.C2H6/c1-34-19-7-4-15(10-16(19)12-27)21(32)29-18-13-28-31-9-8-30(22(33)20(18)31)17-5-2-14(3-6-17)11-23(24,25)26;1-2/h2-7,10,13H,8-9,11H2,1H3,(H,29,32);1-2H3. The van der Waals surface area contributed by atoms with Crippen LogP contribution in [0.15, 0.2) is 48.7 Å². The number of hydrogen-bond donors (Lipinski definition) is 1. The second-order valence-electron chi connectivity index (χ2n) is 7.53. The summed E-state index contributed by atoms with van der Waals surface area (Å²) in [5.74, 6) is -0.666. The number of rotatable bonds is 5. The van der Waals surface area contributed by atoms with Gasteiger partial charge in [-0.05, 0) is 35.9 Å². The van der Waals surface area contributed by atoms with E-state index in [1.165, 1.54) is 65.4 Å². The number of carbonyl (C=O) groups is 2. The molecule has 2 amide bonds. The number of nitrogens with zero attached hydrogens (tertiary/aromatic N) is 4. The molecule has 0 saturated heterocycles. The molecule has 0 spiro atoms. The summed E-state index contributed by atoms with van der Waals surface area (Å²) in [6.45, 7) is 4.60. The van der Waals surface area contributed by atoms with Crippen molar-refractivity contribution in [3.05, 3.63) is 71.0 Å². The average molecular weight is 499 g/mol. The molecule has 0 fully saturated rings. The van der Waals surface area contributed by atoms with Gasteiger partial charge in [0.1, 0.15) is 17.5 Å². The van der Waals surface area contributed by atoms with Crippen LogP contribution in [0.25, 0.3) is 0 Å².